The lowest BCUT2D eigenvalue weighted by Gasteiger charge is -2.09. The maximum atomic E-state index is 10.0. The van der Waals surface area contributed by atoms with Crippen molar-refractivity contribution in [3.8, 4) is 0 Å². The quantitative estimate of drug-likeness (QED) is 0.847. The summed E-state index contributed by atoms with van der Waals surface area (Å²) in [7, 11) is 0. The summed E-state index contributed by atoms with van der Waals surface area (Å²) in [5, 5.41) is 12.9. The highest BCUT2D eigenvalue weighted by molar-refractivity contribution is 7.98. The lowest BCUT2D eigenvalue weighted by Crippen LogP contribution is -2.01. The van der Waals surface area contributed by atoms with E-state index >= 15 is 0 Å². The number of hydrogen-bond acceptors (Lipinski definition) is 4. The van der Waals surface area contributed by atoms with E-state index in [1.165, 1.54) is 4.90 Å². The first-order valence-corrected chi connectivity index (χ1v) is 7.10. The second kappa shape index (κ2) is 5.48. The Hall–Kier alpha value is -0.840. The number of thioether (sulfide) groups is 1. The van der Waals surface area contributed by atoms with E-state index in [0.29, 0.717) is 6.42 Å². The Kier molecular flexibility index (Phi) is 3.98. The van der Waals surface area contributed by atoms with Crippen LogP contribution in [-0.2, 0) is 6.42 Å². The topological polar surface area (TPSA) is 33.1 Å². The maximum Gasteiger partial charge on any atom is 0.0954 e. The summed E-state index contributed by atoms with van der Waals surface area (Å²) in [4.78, 5) is 5.38. The number of aromatic nitrogens is 1. The third-order valence-corrected chi connectivity index (χ3v) is 3.90. The fraction of sp³-hybridized carbons (Fsp3) is 0.250. The van der Waals surface area contributed by atoms with Crippen LogP contribution in [0.4, 0.5) is 0 Å². The van der Waals surface area contributed by atoms with Gasteiger partial charge in [0.25, 0.3) is 0 Å². The van der Waals surface area contributed by atoms with Crippen LogP contribution in [0.15, 0.2) is 40.7 Å². The van der Waals surface area contributed by atoms with Gasteiger partial charge in [-0.3, -0.25) is 0 Å². The maximum absolute atomic E-state index is 10.0. The van der Waals surface area contributed by atoms with Crippen LogP contribution >= 0.6 is 23.1 Å². The Morgan fingerprint density at radius 3 is 2.69 bits per heavy atom. The molecule has 4 heteroatoms. The van der Waals surface area contributed by atoms with Crippen molar-refractivity contribution < 1.29 is 5.11 Å². The van der Waals surface area contributed by atoms with Crippen LogP contribution in [0.25, 0.3) is 0 Å². The number of benzene rings is 1. The zero-order valence-electron chi connectivity index (χ0n) is 8.96. The normalized spacial score (nSPS) is 12.6. The van der Waals surface area contributed by atoms with E-state index in [2.05, 4.69) is 4.98 Å². The fourth-order valence-electron chi connectivity index (χ4n) is 1.46. The molecule has 0 aliphatic rings. The molecule has 0 saturated carbocycles. The van der Waals surface area contributed by atoms with E-state index in [9.17, 15) is 5.11 Å². The smallest absolute Gasteiger partial charge is 0.0954 e. The molecule has 0 radical (unpaired) electrons. The van der Waals surface area contributed by atoms with Gasteiger partial charge in [-0.25, -0.2) is 4.98 Å². The molecule has 0 aliphatic heterocycles. The fourth-order valence-corrected chi connectivity index (χ4v) is 2.53. The van der Waals surface area contributed by atoms with E-state index in [1.807, 2.05) is 35.9 Å². The van der Waals surface area contributed by atoms with E-state index in [0.717, 1.165) is 10.6 Å². The minimum atomic E-state index is -0.456. The van der Waals surface area contributed by atoms with Crippen LogP contribution in [0.3, 0.4) is 0 Å². The van der Waals surface area contributed by atoms with Gasteiger partial charge in [0.1, 0.15) is 0 Å². The highest BCUT2D eigenvalue weighted by atomic mass is 32.2. The predicted octanol–water partition coefficient (Wildman–Crippen LogP) is 3.14. The van der Waals surface area contributed by atoms with E-state index in [1.54, 1.807) is 29.3 Å². The Balaban J connectivity index is 2.05. The first-order chi connectivity index (χ1) is 7.79. The van der Waals surface area contributed by atoms with E-state index in [-0.39, 0.29) is 0 Å². The number of aliphatic hydroxyl groups excluding tert-OH is 1. The monoisotopic (exact) mass is 251 g/mol. The molecule has 84 valence electrons. The Morgan fingerprint density at radius 2 is 2.12 bits per heavy atom. The average Bonchev–Trinajstić information content (AvgIpc) is 2.82. The lowest BCUT2D eigenvalue weighted by atomic mass is 10.1. The van der Waals surface area contributed by atoms with Crippen molar-refractivity contribution in [1.82, 2.24) is 4.98 Å². The predicted molar refractivity (Wildman–Crippen MR) is 69.0 cm³/mol. The minimum Gasteiger partial charge on any atom is -0.388 e. The van der Waals surface area contributed by atoms with Crippen LogP contribution in [0.5, 0.6) is 0 Å². The van der Waals surface area contributed by atoms with Crippen LogP contribution in [0, 0.1) is 0 Å². The van der Waals surface area contributed by atoms with Gasteiger partial charge < -0.3 is 5.11 Å². The molecule has 1 atom stereocenters. The second-order valence-corrected chi connectivity index (χ2v) is 5.28. The van der Waals surface area contributed by atoms with Crippen LogP contribution in [0.1, 0.15) is 16.7 Å². The lowest BCUT2D eigenvalue weighted by molar-refractivity contribution is 0.178. The van der Waals surface area contributed by atoms with Gasteiger partial charge in [0, 0.05) is 22.9 Å². The molecule has 2 aromatic rings. The summed E-state index contributed by atoms with van der Waals surface area (Å²) < 4.78 is 0. The molecule has 1 unspecified atom stereocenters. The zero-order valence-corrected chi connectivity index (χ0v) is 10.6. The first kappa shape index (κ1) is 11.6. The van der Waals surface area contributed by atoms with Gasteiger partial charge in [0.2, 0.25) is 0 Å². The third-order valence-electron chi connectivity index (χ3n) is 2.35. The highest BCUT2D eigenvalue weighted by Crippen LogP contribution is 2.22. The molecule has 1 aromatic heterocycles. The van der Waals surface area contributed by atoms with Crippen LogP contribution in [-0.4, -0.2) is 16.3 Å². The molecule has 0 spiro atoms. The summed E-state index contributed by atoms with van der Waals surface area (Å²) in [6.07, 6.45) is 3.95. The Morgan fingerprint density at radius 1 is 1.38 bits per heavy atom. The van der Waals surface area contributed by atoms with Gasteiger partial charge >= 0.3 is 0 Å². The van der Waals surface area contributed by atoms with Crippen molar-refractivity contribution in [2.45, 2.75) is 17.4 Å². The van der Waals surface area contributed by atoms with Crippen LogP contribution < -0.4 is 0 Å². The van der Waals surface area contributed by atoms with Crippen LogP contribution in [0.2, 0.25) is 0 Å². The molecule has 2 nitrogen and oxygen atoms in total. The molecule has 1 aromatic carbocycles. The van der Waals surface area contributed by atoms with E-state index in [4.69, 9.17) is 0 Å². The summed E-state index contributed by atoms with van der Waals surface area (Å²) in [6.45, 7) is 0. The second-order valence-electron chi connectivity index (χ2n) is 3.42. The van der Waals surface area contributed by atoms with Gasteiger partial charge in [-0.1, -0.05) is 12.1 Å². The molecule has 16 heavy (non-hydrogen) atoms. The van der Waals surface area contributed by atoms with Gasteiger partial charge in [-0.05, 0) is 24.0 Å². The Bertz CT molecular complexity index is 425. The average molecular weight is 251 g/mol. The molecule has 0 bridgehead atoms. The minimum absolute atomic E-state index is 0.456. The SMILES string of the molecule is CSc1ccc(C(O)Cc2nccs2)cc1. The summed E-state index contributed by atoms with van der Waals surface area (Å²) in [5.41, 5.74) is 0.952. The van der Waals surface area contributed by atoms with Gasteiger partial charge in [-0.2, -0.15) is 0 Å². The van der Waals surface area contributed by atoms with Crippen molar-refractivity contribution in [3.05, 3.63) is 46.4 Å². The molecule has 2 rings (SSSR count). The standard InChI is InChI=1S/C12H13NOS2/c1-15-10-4-2-9(3-5-10)11(14)8-12-13-6-7-16-12/h2-7,11,14H,8H2,1H3. The van der Waals surface area contributed by atoms with Crippen molar-refractivity contribution in [2.24, 2.45) is 0 Å². The molecule has 0 saturated heterocycles. The highest BCUT2D eigenvalue weighted by Gasteiger charge is 2.09. The summed E-state index contributed by atoms with van der Waals surface area (Å²) in [6, 6.07) is 8.02. The summed E-state index contributed by atoms with van der Waals surface area (Å²) >= 11 is 3.28. The van der Waals surface area contributed by atoms with Crippen molar-refractivity contribution in [1.29, 1.82) is 0 Å². The molecule has 0 aliphatic carbocycles. The van der Waals surface area contributed by atoms with Crippen molar-refractivity contribution >= 4 is 23.1 Å². The largest absolute Gasteiger partial charge is 0.388 e. The first-order valence-electron chi connectivity index (χ1n) is 5.00. The number of nitrogens with zero attached hydrogens (tertiary/aromatic N) is 1. The third kappa shape index (κ3) is 2.84. The number of aliphatic hydroxyl groups is 1. The molecular formula is C12H13NOS2. The number of thiazole rings is 1. The van der Waals surface area contributed by atoms with Crippen molar-refractivity contribution in [2.75, 3.05) is 6.26 Å². The van der Waals surface area contributed by atoms with Gasteiger partial charge in [-0.15, -0.1) is 23.1 Å². The summed E-state index contributed by atoms with van der Waals surface area (Å²) in [5.74, 6) is 0. The Labute approximate surface area is 103 Å². The van der Waals surface area contributed by atoms with Crippen molar-refractivity contribution in [3.63, 3.8) is 0 Å². The zero-order chi connectivity index (χ0) is 11.4. The molecular weight excluding hydrogens is 238 g/mol. The molecule has 0 amide bonds. The molecule has 0 fully saturated rings. The van der Waals surface area contributed by atoms with Gasteiger partial charge in [0.05, 0.1) is 11.1 Å². The van der Waals surface area contributed by atoms with E-state index < -0.39 is 6.10 Å². The number of rotatable bonds is 4. The number of hydrogen-bond donors (Lipinski definition) is 1. The van der Waals surface area contributed by atoms with Gasteiger partial charge in [0.15, 0.2) is 0 Å². The molecule has 1 heterocycles. The molecule has 1 N–H and O–H groups in total.